The third-order valence-corrected chi connectivity index (χ3v) is 8.77. The van der Waals surface area contributed by atoms with Gasteiger partial charge in [0, 0.05) is 26.2 Å². The molecule has 1 saturated heterocycles. The second-order valence-electron chi connectivity index (χ2n) is 4.21. The second-order valence-corrected chi connectivity index (χ2v) is 8.50. The summed E-state index contributed by atoms with van der Waals surface area (Å²) in [6.45, 7) is 11.2. The molecule has 0 amide bonds. The first-order valence-electron chi connectivity index (χ1n) is 6.84. The fourth-order valence-electron chi connectivity index (χ4n) is 2.04. The lowest BCUT2D eigenvalue weighted by molar-refractivity contribution is -0.164. The number of thioether (sulfide) groups is 1. The third-order valence-electron chi connectivity index (χ3n) is 3.25. The molecule has 0 bridgehead atoms. The zero-order valence-corrected chi connectivity index (χ0v) is 14.9. The summed E-state index contributed by atoms with van der Waals surface area (Å²) in [6, 6.07) is 0. The molecule has 1 rings (SSSR count). The van der Waals surface area contributed by atoms with Crippen molar-refractivity contribution in [2.75, 3.05) is 37.7 Å². The molecule has 0 aromatic rings. The lowest BCUT2D eigenvalue weighted by Gasteiger charge is -2.17. The molecular weight excluding hydrogens is 298 g/mol. The van der Waals surface area contributed by atoms with E-state index in [9.17, 15) is 9.79 Å². The Bertz CT molecular complexity index is 333. The van der Waals surface area contributed by atoms with Crippen LogP contribution >= 0.6 is 27.6 Å². The molecule has 0 spiro atoms. The van der Waals surface area contributed by atoms with Crippen LogP contribution in [0.5, 0.6) is 0 Å². The second kappa shape index (κ2) is 8.74. The molecule has 0 aliphatic carbocycles. The number of rotatable bonds is 6. The van der Waals surface area contributed by atoms with Crippen LogP contribution in [0.15, 0.2) is 0 Å². The Morgan fingerprint density at radius 2 is 1.16 bits per heavy atom. The van der Waals surface area contributed by atoms with Crippen LogP contribution in [0.2, 0.25) is 0 Å². The highest BCUT2D eigenvalue weighted by Crippen LogP contribution is 2.34. The Hall–Kier alpha value is 0.530. The van der Waals surface area contributed by atoms with Crippen molar-refractivity contribution < 1.29 is 9.79 Å². The van der Waals surface area contributed by atoms with Crippen molar-refractivity contribution >= 4 is 38.2 Å². The molecule has 1 aliphatic rings. The molecule has 2 unspecified atom stereocenters. The van der Waals surface area contributed by atoms with Crippen molar-refractivity contribution in [2.24, 2.45) is 0 Å². The minimum absolute atomic E-state index is 0.767. The van der Waals surface area contributed by atoms with E-state index in [1.807, 2.05) is 37.0 Å². The predicted molar refractivity (Wildman–Crippen MR) is 87.0 cm³/mol. The summed E-state index contributed by atoms with van der Waals surface area (Å²) in [5.74, 6) is 1.53. The molecule has 7 heteroatoms. The molecule has 0 aromatic carbocycles. The zero-order valence-electron chi connectivity index (χ0n) is 12.3. The van der Waals surface area contributed by atoms with E-state index < -0.39 is 15.8 Å². The van der Waals surface area contributed by atoms with E-state index in [-0.39, 0.29) is 0 Å². The molecular formula is C12H24N2O2P2S. The van der Waals surface area contributed by atoms with Gasteiger partial charge in [-0.15, -0.1) is 21.1 Å². The van der Waals surface area contributed by atoms with Gasteiger partial charge in [0.15, 0.2) is 26.4 Å². The first-order chi connectivity index (χ1) is 9.10. The Morgan fingerprint density at radius 1 is 0.842 bits per heavy atom. The maximum atomic E-state index is 12.6. The Balaban J connectivity index is 3.14. The van der Waals surface area contributed by atoms with E-state index in [4.69, 9.17) is 0 Å². The van der Waals surface area contributed by atoms with Crippen molar-refractivity contribution in [3.8, 4) is 0 Å². The quantitative estimate of drug-likeness (QED) is 0.686. The Kier molecular flexibility index (Phi) is 8.08. The molecule has 110 valence electrons. The summed E-state index contributed by atoms with van der Waals surface area (Å²) in [7, 11) is -3.04. The summed E-state index contributed by atoms with van der Waals surface area (Å²) in [4.78, 5) is 25.2. The van der Waals surface area contributed by atoms with E-state index in [0.29, 0.717) is 0 Å². The molecule has 4 nitrogen and oxygen atoms in total. The Labute approximate surface area is 123 Å². The monoisotopic (exact) mass is 322 g/mol. The summed E-state index contributed by atoms with van der Waals surface area (Å²) in [5, 5.41) is 1.86. The lowest BCUT2D eigenvalue weighted by atomic mass is 10.4. The van der Waals surface area contributed by atoms with Crippen molar-refractivity contribution in [3.63, 3.8) is 0 Å². The van der Waals surface area contributed by atoms with Crippen LogP contribution in [-0.4, -0.2) is 57.6 Å². The van der Waals surface area contributed by atoms with E-state index in [1.165, 1.54) is 0 Å². The Morgan fingerprint density at radius 3 is 1.42 bits per heavy atom. The fraction of sp³-hybridized carbons (Fsp3) is 0.833. The van der Waals surface area contributed by atoms with Gasteiger partial charge in [0.25, 0.3) is 0 Å². The van der Waals surface area contributed by atoms with Gasteiger partial charge in [-0.25, -0.2) is 0 Å². The van der Waals surface area contributed by atoms with Crippen molar-refractivity contribution in [3.05, 3.63) is 0 Å². The van der Waals surface area contributed by atoms with Crippen LogP contribution < -0.4 is 9.79 Å². The van der Waals surface area contributed by atoms with Crippen LogP contribution in [0.25, 0.3) is 0 Å². The van der Waals surface area contributed by atoms with Crippen LogP contribution in [0.3, 0.4) is 0 Å². The molecule has 0 radical (unpaired) electrons. The van der Waals surface area contributed by atoms with E-state index in [2.05, 4.69) is 0 Å². The maximum Gasteiger partial charge on any atom is 0.194 e. The minimum Gasteiger partial charge on any atom is -0.613 e. The first-order valence-corrected chi connectivity index (χ1v) is 10.4. The molecule has 0 N–H and O–H groups in total. The fourth-order valence-corrected chi connectivity index (χ4v) is 7.35. The lowest BCUT2D eigenvalue weighted by Crippen LogP contribution is -2.29. The predicted octanol–water partition coefficient (Wildman–Crippen LogP) is 1.11. The first kappa shape index (κ1) is 17.6. The standard InChI is InChI=1S/C12H24N2O2P2S/c1-5-13(6-2)17(15)11-9-19-10-12(11)18(16)14(7-3)8-4/h5-10H2,1-4H3. The maximum absolute atomic E-state index is 12.6. The highest BCUT2D eigenvalue weighted by molar-refractivity contribution is 8.03. The van der Waals surface area contributed by atoms with E-state index in [0.717, 1.165) is 48.3 Å². The molecule has 0 saturated carbocycles. The van der Waals surface area contributed by atoms with E-state index in [1.54, 1.807) is 11.8 Å². The van der Waals surface area contributed by atoms with Crippen molar-refractivity contribution in [1.29, 1.82) is 0 Å². The van der Waals surface area contributed by atoms with Gasteiger partial charge in [-0.1, -0.05) is 0 Å². The third kappa shape index (κ3) is 4.25. The summed E-state index contributed by atoms with van der Waals surface area (Å²) >= 11 is 1.73. The van der Waals surface area contributed by atoms with Crippen LogP contribution in [0.1, 0.15) is 27.7 Å². The number of nitrogens with zero attached hydrogens (tertiary/aromatic N) is 2. The van der Waals surface area contributed by atoms with Gasteiger partial charge in [0.05, 0.1) is 11.5 Å². The van der Waals surface area contributed by atoms with Gasteiger partial charge in [-0.2, -0.15) is 0 Å². The minimum atomic E-state index is -1.52. The van der Waals surface area contributed by atoms with Crippen LogP contribution in [-0.2, 0) is 0 Å². The molecule has 1 aliphatic heterocycles. The summed E-state index contributed by atoms with van der Waals surface area (Å²) in [5.41, 5.74) is 0. The van der Waals surface area contributed by atoms with Gasteiger partial charge in [-0.3, -0.25) is 0 Å². The van der Waals surface area contributed by atoms with Crippen molar-refractivity contribution in [2.45, 2.75) is 27.7 Å². The molecule has 0 aromatic heterocycles. The summed E-state index contributed by atoms with van der Waals surface area (Å²) in [6.07, 6.45) is 0. The highest BCUT2D eigenvalue weighted by atomic mass is 32.2. The topological polar surface area (TPSA) is 52.6 Å². The van der Waals surface area contributed by atoms with Gasteiger partial charge < -0.3 is 9.79 Å². The van der Waals surface area contributed by atoms with Gasteiger partial charge in [0.2, 0.25) is 0 Å². The molecule has 2 atom stereocenters. The molecule has 19 heavy (non-hydrogen) atoms. The average molecular weight is 322 g/mol. The number of hydrogen-bond donors (Lipinski definition) is 0. The highest BCUT2D eigenvalue weighted by Gasteiger charge is 2.34. The van der Waals surface area contributed by atoms with Gasteiger partial charge in [-0.05, 0) is 27.7 Å². The normalized spacial score (nSPS) is 21.5. The number of hydrogen-bond acceptors (Lipinski definition) is 5. The SMILES string of the molecule is CCN(CC)[P+]([O-])=C1CSCC1=[P+]([O-])N(CC)CC. The van der Waals surface area contributed by atoms with E-state index >= 15 is 0 Å². The smallest absolute Gasteiger partial charge is 0.194 e. The van der Waals surface area contributed by atoms with Gasteiger partial charge in [0.1, 0.15) is 0 Å². The van der Waals surface area contributed by atoms with Crippen molar-refractivity contribution in [1.82, 2.24) is 9.34 Å². The van der Waals surface area contributed by atoms with Crippen LogP contribution in [0.4, 0.5) is 0 Å². The average Bonchev–Trinajstić information content (AvgIpc) is 2.90. The summed E-state index contributed by atoms with van der Waals surface area (Å²) < 4.78 is 3.92. The largest absolute Gasteiger partial charge is 0.613 e. The molecule has 1 heterocycles. The van der Waals surface area contributed by atoms with Gasteiger partial charge >= 0.3 is 0 Å². The molecule has 1 fully saturated rings. The zero-order chi connectivity index (χ0) is 14.4. The van der Waals surface area contributed by atoms with Crippen LogP contribution in [0, 0.1) is 0 Å².